The molecule has 1 aliphatic heterocycles. The number of rotatable bonds is 9. The lowest BCUT2D eigenvalue weighted by atomic mass is 10.1. The largest absolute Gasteiger partial charge is 0.497 e. The maximum Gasteiger partial charge on any atom is 0.325 e. The molecule has 2 aromatic carbocycles. The summed E-state index contributed by atoms with van der Waals surface area (Å²) in [7, 11) is 1.56. The average Bonchev–Trinajstić information content (AvgIpc) is 3.01. The Kier molecular flexibility index (Phi) is 7.03. The minimum absolute atomic E-state index is 0.111. The Hall–Kier alpha value is -3.39. The first kappa shape index (κ1) is 21.3. The number of hydrogen-bond acceptors (Lipinski definition) is 5. The van der Waals surface area contributed by atoms with E-state index in [9.17, 15) is 19.5 Å². The van der Waals surface area contributed by atoms with Crippen LogP contribution in [-0.4, -0.2) is 53.7 Å². The summed E-state index contributed by atoms with van der Waals surface area (Å²) in [6.45, 7) is -0.116. The summed E-state index contributed by atoms with van der Waals surface area (Å²) in [5.41, 5.74) is 1.75. The van der Waals surface area contributed by atoms with Crippen LogP contribution in [0.2, 0.25) is 0 Å². The fourth-order valence-electron chi connectivity index (χ4n) is 3.31. The maximum absolute atomic E-state index is 12.6. The molecule has 1 aliphatic rings. The van der Waals surface area contributed by atoms with Crippen molar-refractivity contribution >= 4 is 17.8 Å². The topological polar surface area (TPSA) is 108 Å². The van der Waals surface area contributed by atoms with Gasteiger partial charge in [-0.05, 0) is 29.7 Å². The van der Waals surface area contributed by atoms with E-state index in [4.69, 9.17) is 4.74 Å². The van der Waals surface area contributed by atoms with Gasteiger partial charge in [0, 0.05) is 0 Å². The number of hydrogen-bond donors (Lipinski definition) is 3. The summed E-state index contributed by atoms with van der Waals surface area (Å²) in [5.74, 6) is -0.177. The Bertz CT molecular complexity index is 885. The van der Waals surface area contributed by atoms with Gasteiger partial charge in [0.15, 0.2) is 0 Å². The molecule has 0 aromatic heterocycles. The summed E-state index contributed by atoms with van der Waals surface area (Å²) in [4.78, 5) is 38.3. The zero-order chi connectivity index (χ0) is 21.5. The van der Waals surface area contributed by atoms with Gasteiger partial charge in [-0.3, -0.25) is 14.5 Å². The lowest BCUT2D eigenvalue weighted by Crippen LogP contribution is -2.43. The molecule has 0 bridgehead atoms. The molecule has 2 aromatic rings. The number of imide groups is 1. The van der Waals surface area contributed by atoms with Crippen molar-refractivity contribution in [3.05, 3.63) is 65.7 Å². The summed E-state index contributed by atoms with van der Waals surface area (Å²) in [6.07, 6.45) is 0.284. The van der Waals surface area contributed by atoms with Gasteiger partial charge in [-0.25, -0.2) is 4.79 Å². The smallest absolute Gasteiger partial charge is 0.325 e. The van der Waals surface area contributed by atoms with E-state index in [1.807, 2.05) is 30.3 Å². The molecule has 3 rings (SSSR count). The second-order valence-electron chi connectivity index (χ2n) is 7.12. The van der Waals surface area contributed by atoms with Gasteiger partial charge in [0.05, 0.1) is 32.7 Å². The molecule has 1 heterocycles. The normalized spacial score (nSPS) is 16.9. The van der Waals surface area contributed by atoms with Gasteiger partial charge in [0.2, 0.25) is 5.91 Å². The maximum atomic E-state index is 12.6. The summed E-state index contributed by atoms with van der Waals surface area (Å²) >= 11 is 0. The predicted octanol–water partition coefficient (Wildman–Crippen LogP) is 1.23. The van der Waals surface area contributed by atoms with Gasteiger partial charge in [-0.2, -0.15) is 0 Å². The number of aliphatic hydroxyl groups is 1. The van der Waals surface area contributed by atoms with Gasteiger partial charge in [0.1, 0.15) is 11.8 Å². The van der Waals surface area contributed by atoms with Gasteiger partial charge in [0.25, 0.3) is 5.91 Å². The van der Waals surface area contributed by atoms with Gasteiger partial charge >= 0.3 is 6.03 Å². The van der Waals surface area contributed by atoms with Gasteiger partial charge in [-0.1, -0.05) is 42.5 Å². The van der Waals surface area contributed by atoms with E-state index < -0.39 is 29.9 Å². The second kappa shape index (κ2) is 9.89. The van der Waals surface area contributed by atoms with Gasteiger partial charge in [-0.15, -0.1) is 0 Å². The highest BCUT2D eigenvalue weighted by molar-refractivity contribution is 6.05. The van der Waals surface area contributed by atoms with E-state index in [0.29, 0.717) is 12.2 Å². The number of nitrogens with one attached hydrogen (secondary N) is 2. The Balaban J connectivity index is 1.55. The zero-order valence-electron chi connectivity index (χ0n) is 16.7. The number of nitrogens with zero attached hydrogens (tertiary/aromatic N) is 1. The zero-order valence-corrected chi connectivity index (χ0v) is 16.7. The summed E-state index contributed by atoms with van der Waals surface area (Å²) in [5, 5.41) is 14.9. The van der Waals surface area contributed by atoms with Crippen LogP contribution in [0.5, 0.6) is 5.75 Å². The third kappa shape index (κ3) is 5.36. The van der Waals surface area contributed by atoms with Gasteiger partial charge < -0.3 is 20.5 Å². The first-order valence-corrected chi connectivity index (χ1v) is 9.69. The standard InChI is InChI=1S/C22H25N3O5/c1-30-18-9-7-16(8-10-18)13-25-21(28)19(24-22(25)29)12-20(27)23-17(14-26)11-15-5-3-2-4-6-15/h2-10,17,19,26H,11-14H2,1H3,(H,23,27)(H,24,29)/t17-,19+/m0/s1. The number of ether oxygens (including phenoxy) is 1. The molecule has 158 valence electrons. The van der Waals surface area contributed by atoms with E-state index >= 15 is 0 Å². The third-order valence-corrected chi connectivity index (χ3v) is 4.91. The summed E-state index contributed by atoms with van der Waals surface area (Å²) < 4.78 is 5.10. The number of carbonyl (C=O) groups is 3. The number of amides is 4. The van der Waals surface area contributed by atoms with Crippen molar-refractivity contribution in [3.8, 4) is 5.75 Å². The highest BCUT2D eigenvalue weighted by Crippen LogP contribution is 2.17. The fraction of sp³-hybridized carbons (Fsp3) is 0.318. The van der Waals surface area contributed by atoms with Crippen molar-refractivity contribution in [2.45, 2.75) is 31.5 Å². The van der Waals surface area contributed by atoms with Crippen LogP contribution in [0.15, 0.2) is 54.6 Å². The molecule has 0 radical (unpaired) electrons. The van der Waals surface area contributed by atoms with Crippen molar-refractivity contribution in [2.75, 3.05) is 13.7 Å². The molecular formula is C22H25N3O5. The first-order chi connectivity index (χ1) is 14.5. The third-order valence-electron chi connectivity index (χ3n) is 4.91. The molecule has 2 atom stereocenters. The SMILES string of the molecule is COc1ccc(CN2C(=O)N[C@H](CC(=O)N[C@H](CO)Cc3ccccc3)C2=O)cc1. The lowest BCUT2D eigenvalue weighted by Gasteiger charge is -2.17. The lowest BCUT2D eigenvalue weighted by molar-refractivity contribution is -0.131. The summed E-state index contributed by atoms with van der Waals surface area (Å²) in [6, 6.07) is 14.6. The molecule has 0 saturated carbocycles. The quantitative estimate of drug-likeness (QED) is 0.538. The van der Waals surface area contributed by atoms with E-state index in [-0.39, 0.29) is 19.6 Å². The van der Waals surface area contributed by atoms with Crippen LogP contribution in [0, 0.1) is 0 Å². The van der Waals surface area contributed by atoms with Crippen molar-refractivity contribution in [1.82, 2.24) is 15.5 Å². The van der Waals surface area contributed by atoms with Crippen LogP contribution in [-0.2, 0) is 22.6 Å². The molecule has 4 amide bonds. The van der Waals surface area contributed by atoms with Crippen LogP contribution in [0.25, 0.3) is 0 Å². The van der Waals surface area contributed by atoms with Crippen LogP contribution in [0.1, 0.15) is 17.5 Å². The number of carbonyl (C=O) groups excluding carboxylic acids is 3. The molecule has 1 fully saturated rings. The number of urea groups is 1. The molecule has 1 saturated heterocycles. The Morgan fingerprint density at radius 2 is 1.83 bits per heavy atom. The van der Waals surface area contributed by atoms with E-state index in [1.165, 1.54) is 0 Å². The van der Waals surface area contributed by atoms with E-state index in [1.54, 1.807) is 31.4 Å². The molecule has 0 unspecified atom stereocenters. The van der Waals surface area contributed by atoms with Crippen molar-refractivity contribution in [3.63, 3.8) is 0 Å². The van der Waals surface area contributed by atoms with Crippen LogP contribution in [0.4, 0.5) is 4.79 Å². The Morgan fingerprint density at radius 1 is 1.13 bits per heavy atom. The van der Waals surface area contributed by atoms with Crippen LogP contribution < -0.4 is 15.4 Å². The molecule has 3 N–H and O–H groups in total. The molecule has 8 nitrogen and oxygen atoms in total. The Labute approximate surface area is 174 Å². The number of aliphatic hydroxyl groups excluding tert-OH is 1. The van der Waals surface area contributed by atoms with Crippen LogP contribution >= 0.6 is 0 Å². The molecule has 8 heteroatoms. The first-order valence-electron chi connectivity index (χ1n) is 9.69. The number of methoxy groups -OCH3 is 1. The van der Waals surface area contributed by atoms with E-state index in [0.717, 1.165) is 16.0 Å². The van der Waals surface area contributed by atoms with Crippen LogP contribution in [0.3, 0.4) is 0 Å². The van der Waals surface area contributed by atoms with Crippen molar-refractivity contribution in [2.24, 2.45) is 0 Å². The van der Waals surface area contributed by atoms with Crippen molar-refractivity contribution in [1.29, 1.82) is 0 Å². The monoisotopic (exact) mass is 411 g/mol. The average molecular weight is 411 g/mol. The molecular weight excluding hydrogens is 386 g/mol. The predicted molar refractivity (Wildman–Crippen MR) is 110 cm³/mol. The van der Waals surface area contributed by atoms with Crippen molar-refractivity contribution < 1.29 is 24.2 Å². The molecule has 0 aliphatic carbocycles. The number of benzene rings is 2. The van der Waals surface area contributed by atoms with E-state index in [2.05, 4.69) is 10.6 Å². The molecule has 0 spiro atoms. The second-order valence-corrected chi connectivity index (χ2v) is 7.12. The minimum Gasteiger partial charge on any atom is -0.497 e. The Morgan fingerprint density at radius 3 is 2.47 bits per heavy atom. The highest BCUT2D eigenvalue weighted by Gasteiger charge is 2.39. The highest BCUT2D eigenvalue weighted by atomic mass is 16.5. The minimum atomic E-state index is -0.924. The molecule has 30 heavy (non-hydrogen) atoms. The fourth-order valence-corrected chi connectivity index (χ4v) is 3.31.